The summed E-state index contributed by atoms with van der Waals surface area (Å²) in [4.78, 5) is 17.7. The van der Waals surface area contributed by atoms with Crippen LogP contribution in [-0.4, -0.2) is 27.9 Å². The molecule has 4 nitrogen and oxygen atoms in total. The van der Waals surface area contributed by atoms with Gasteiger partial charge in [0.25, 0.3) is 5.91 Å². The Bertz CT molecular complexity index is 523. The van der Waals surface area contributed by atoms with Crippen molar-refractivity contribution in [1.82, 2.24) is 9.88 Å². The Hall–Kier alpha value is -2.36. The van der Waals surface area contributed by atoms with Crippen LogP contribution < -0.4 is 0 Å². The SMILES string of the molecule is CN(Cc1cccnc1)C(=O)c1ccc(O)cc1. The van der Waals surface area contributed by atoms with E-state index < -0.39 is 0 Å². The third-order valence-corrected chi connectivity index (χ3v) is 2.60. The van der Waals surface area contributed by atoms with Crippen molar-refractivity contribution in [2.45, 2.75) is 6.54 Å². The van der Waals surface area contributed by atoms with Crippen LogP contribution in [0.1, 0.15) is 15.9 Å². The molecule has 0 fully saturated rings. The molecule has 0 bridgehead atoms. The van der Waals surface area contributed by atoms with Gasteiger partial charge in [0.15, 0.2) is 0 Å². The molecule has 1 amide bonds. The van der Waals surface area contributed by atoms with E-state index in [4.69, 9.17) is 0 Å². The third-order valence-electron chi connectivity index (χ3n) is 2.60. The third kappa shape index (κ3) is 2.85. The van der Waals surface area contributed by atoms with Crippen LogP contribution in [0.5, 0.6) is 5.75 Å². The summed E-state index contributed by atoms with van der Waals surface area (Å²) in [6.45, 7) is 0.507. The van der Waals surface area contributed by atoms with Crippen LogP contribution in [0, 0.1) is 0 Å². The number of aromatic hydroxyl groups is 1. The highest BCUT2D eigenvalue weighted by molar-refractivity contribution is 5.94. The molecule has 18 heavy (non-hydrogen) atoms. The lowest BCUT2D eigenvalue weighted by atomic mass is 10.2. The topological polar surface area (TPSA) is 53.4 Å². The number of nitrogens with zero attached hydrogens (tertiary/aromatic N) is 2. The smallest absolute Gasteiger partial charge is 0.253 e. The van der Waals surface area contributed by atoms with Crippen molar-refractivity contribution in [3.63, 3.8) is 0 Å². The second-order valence-electron chi connectivity index (χ2n) is 4.07. The highest BCUT2D eigenvalue weighted by atomic mass is 16.3. The average molecular weight is 242 g/mol. The fourth-order valence-corrected chi connectivity index (χ4v) is 1.66. The van der Waals surface area contributed by atoms with Crippen molar-refractivity contribution >= 4 is 5.91 Å². The van der Waals surface area contributed by atoms with Crippen molar-refractivity contribution in [2.75, 3.05) is 7.05 Å². The van der Waals surface area contributed by atoms with Gasteiger partial charge in [0.1, 0.15) is 5.75 Å². The van der Waals surface area contributed by atoms with Gasteiger partial charge in [0.2, 0.25) is 0 Å². The molecule has 0 aliphatic carbocycles. The Balaban J connectivity index is 2.07. The zero-order valence-corrected chi connectivity index (χ0v) is 10.1. The van der Waals surface area contributed by atoms with Gasteiger partial charge in [-0.15, -0.1) is 0 Å². The standard InChI is InChI=1S/C14H14N2O2/c1-16(10-11-3-2-8-15-9-11)14(18)12-4-6-13(17)7-5-12/h2-9,17H,10H2,1H3. The number of phenols is 1. The van der Waals surface area contributed by atoms with E-state index in [1.165, 1.54) is 12.1 Å². The van der Waals surface area contributed by atoms with Gasteiger partial charge in [-0.3, -0.25) is 9.78 Å². The number of hydrogen-bond donors (Lipinski definition) is 1. The van der Waals surface area contributed by atoms with Crippen LogP contribution in [-0.2, 0) is 6.54 Å². The summed E-state index contributed by atoms with van der Waals surface area (Å²) >= 11 is 0. The first-order chi connectivity index (χ1) is 8.66. The van der Waals surface area contributed by atoms with Crippen LogP contribution in [0.15, 0.2) is 48.8 Å². The quantitative estimate of drug-likeness (QED) is 0.896. The van der Waals surface area contributed by atoms with Crippen molar-refractivity contribution in [3.05, 3.63) is 59.9 Å². The molecule has 0 radical (unpaired) electrons. The lowest BCUT2D eigenvalue weighted by Crippen LogP contribution is -2.26. The Kier molecular flexibility index (Phi) is 3.57. The second-order valence-corrected chi connectivity index (χ2v) is 4.07. The van der Waals surface area contributed by atoms with Crippen molar-refractivity contribution in [2.24, 2.45) is 0 Å². The molecule has 0 saturated carbocycles. The first-order valence-corrected chi connectivity index (χ1v) is 5.60. The van der Waals surface area contributed by atoms with E-state index in [0.717, 1.165) is 5.56 Å². The van der Waals surface area contributed by atoms with Gasteiger partial charge in [-0.25, -0.2) is 0 Å². The molecule has 1 heterocycles. The highest BCUT2D eigenvalue weighted by Gasteiger charge is 2.11. The van der Waals surface area contributed by atoms with E-state index in [9.17, 15) is 9.90 Å². The Morgan fingerprint density at radius 2 is 2.00 bits per heavy atom. The van der Waals surface area contributed by atoms with Crippen molar-refractivity contribution < 1.29 is 9.90 Å². The molecule has 92 valence electrons. The van der Waals surface area contributed by atoms with E-state index in [1.807, 2.05) is 12.1 Å². The summed E-state index contributed by atoms with van der Waals surface area (Å²) in [7, 11) is 1.74. The molecular formula is C14H14N2O2. The molecular weight excluding hydrogens is 228 g/mol. The number of phenolic OH excluding ortho intramolecular Hbond substituents is 1. The molecule has 0 spiro atoms. The van der Waals surface area contributed by atoms with E-state index in [2.05, 4.69) is 4.98 Å². The normalized spacial score (nSPS) is 10.1. The number of hydrogen-bond acceptors (Lipinski definition) is 3. The minimum absolute atomic E-state index is 0.0844. The van der Waals surface area contributed by atoms with Crippen molar-refractivity contribution in [1.29, 1.82) is 0 Å². The maximum absolute atomic E-state index is 12.1. The molecule has 2 rings (SSSR count). The summed E-state index contributed by atoms with van der Waals surface area (Å²) < 4.78 is 0. The monoisotopic (exact) mass is 242 g/mol. The summed E-state index contributed by atoms with van der Waals surface area (Å²) in [6, 6.07) is 9.99. The van der Waals surface area contributed by atoms with Crippen LogP contribution in [0.4, 0.5) is 0 Å². The zero-order chi connectivity index (χ0) is 13.0. The second kappa shape index (κ2) is 5.31. The predicted octanol–water partition coefficient (Wildman–Crippen LogP) is 2.06. The van der Waals surface area contributed by atoms with Crippen LogP contribution in [0.3, 0.4) is 0 Å². The molecule has 1 aromatic heterocycles. The van der Waals surface area contributed by atoms with Crippen LogP contribution in [0.25, 0.3) is 0 Å². The van der Waals surface area contributed by atoms with Gasteiger partial charge in [-0.1, -0.05) is 6.07 Å². The van der Waals surface area contributed by atoms with Crippen molar-refractivity contribution in [3.8, 4) is 5.75 Å². The maximum Gasteiger partial charge on any atom is 0.253 e. The van der Waals surface area contributed by atoms with E-state index in [1.54, 1.807) is 36.5 Å². The highest BCUT2D eigenvalue weighted by Crippen LogP contribution is 2.12. The van der Waals surface area contributed by atoms with Gasteiger partial charge < -0.3 is 10.0 Å². The average Bonchev–Trinajstić information content (AvgIpc) is 2.40. The molecule has 0 atom stereocenters. The van der Waals surface area contributed by atoms with Gasteiger partial charge in [0, 0.05) is 31.5 Å². The number of carbonyl (C=O) groups is 1. The number of rotatable bonds is 3. The lowest BCUT2D eigenvalue weighted by Gasteiger charge is -2.17. The zero-order valence-electron chi connectivity index (χ0n) is 10.1. The summed E-state index contributed by atoms with van der Waals surface area (Å²) in [5, 5.41) is 9.18. The Morgan fingerprint density at radius 3 is 2.61 bits per heavy atom. The molecule has 1 N–H and O–H groups in total. The summed E-state index contributed by atoms with van der Waals surface area (Å²) in [6.07, 6.45) is 3.44. The lowest BCUT2D eigenvalue weighted by molar-refractivity contribution is 0.0785. The minimum Gasteiger partial charge on any atom is -0.508 e. The van der Waals surface area contributed by atoms with E-state index in [-0.39, 0.29) is 11.7 Å². The summed E-state index contributed by atoms with van der Waals surface area (Å²) in [5.41, 5.74) is 1.53. The molecule has 2 aromatic rings. The Morgan fingerprint density at radius 1 is 1.28 bits per heavy atom. The van der Waals surface area contributed by atoms with Crippen LogP contribution >= 0.6 is 0 Å². The van der Waals surface area contributed by atoms with Gasteiger partial charge >= 0.3 is 0 Å². The van der Waals surface area contributed by atoms with E-state index in [0.29, 0.717) is 12.1 Å². The first kappa shape index (κ1) is 12.1. The first-order valence-electron chi connectivity index (χ1n) is 5.60. The van der Waals surface area contributed by atoms with Gasteiger partial charge in [0.05, 0.1) is 0 Å². The molecule has 1 aromatic carbocycles. The molecule has 0 aliphatic heterocycles. The van der Waals surface area contributed by atoms with Gasteiger partial charge in [-0.05, 0) is 35.9 Å². The Labute approximate surface area is 106 Å². The van der Waals surface area contributed by atoms with Gasteiger partial charge in [-0.2, -0.15) is 0 Å². The predicted molar refractivity (Wildman–Crippen MR) is 68.1 cm³/mol. The number of benzene rings is 1. The molecule has 4 heteroatoms. The maximum atomic E-state index is 12.1. The summed E-state index contributed by atoms with van der Waals surface area (Å²) in [5.74, 6) is 0.0697. The number of carbonyl (C=O) groups excluding carboxylic acids is 1. The minimum atomic E-state index is -0.0844. The molecule has 0 saturated heterocycles. The molecule has 0 aliphatic rings. The number of amides is 1. The molecule has 0 unspecified atom stereocenters. The van der Waals surface area contributed by atoms with E-state index >= 15 is 0 Å². The number of aromatic nitrogens is 1. The fraction of sp³-hybridized carbons (Fsp3) is 0.143. The fourth-order valence-electron chi connectivity index (χ4n) is 1.66. The number of pyridine rings is 1. The largest absolute Gasteiger partial charge is 0.508 e. The van der Waals surface area contributed by atoms with Crippen LogP contribution in [0.2, 0.25) is 0 Å².